The maximum Gasteiger partial charge on any atom is 0.416 e. The third kappa shape index (κ3) is 5.79. The number of carbonyl (C=O) groups excluding carboxylic acids is 1. The van der Waals surface area contributed by atoms with Crippen LogP contribution in [0.15, 0.2) is 52.3 Å². The molecule has 0 saturated heterocycles. The summed E-state index contributed by atoms with van der Waals surface area (Å²) in [6.45, 7) is 2.73. The summed E-state index contributed by atoms with van der Waals surface area (Å²) >= 11 is 0. The Morgan fingerprint density at radius 2 is 1.41 bits per heavy atom. The summed E-state index contributed by atoms with van der Waals surface area (Å²) < 4.78 is 127. The summed E-state index contributed by atoms with van der Waals surface area (Å²) in [6, 6.07) is 4.48. The van der Waals surface area contributed by atoms with Crippen molar-refractivity contribution in [3.8, 4) is 0 Å². The van der Waals surface area contributed by atoms with E-state index in [1.807, 2.05) is 0 Å². The predicted molar refractivity (Wildman–Crippen MR) is 121 cm³/mol. The molecule has 0 spiro atoms. The van der Waals surface area contributed by atoms with E-state index in [0.717, 1.165) is 24.3 Å². The molecule has 0 radical (unpaired) electrons. The maximum atomic E-state index is 13.2. The van der Waals surface area contributed by atoms with E-state index in [1.165, 1.54) is 13.8 Å². The molecule has 2 aromatic carbocycles. The van der Waals surface area contributed by atoms with Gasteiger partial charge in [0, 0.05) is 12.3 Å². The highest BCUT2D eigenvalue weighted by molar-refractivity contribution is 7.92. The van der Waals surface area contributed by atoms with Crippen molar-refractivity contribution in [2.45, 2.75) is 59.6 Å². The smallest absolute Gasteiger partial charge is 0.349 e. The van der Waals surface area contributed by atoms with Crippen molar-refractivity contribution < 1.29 is 48.0 Å². The van der Waals surface area contributed by atoms with Crippen LogP contribution in [0.5, 0.6) is 0 Å². The first kappa shape index (κ1) is 29.0. The fraction of sp³-hybridized carbons (Fsp3) is 0.435. The molecule has 3 rings (SSSR count). The summed E-state index contributed by atoms with van der Waals surface area (Å²) in [5.41, 5.74) is -2.84. The minimum atomic E-state index is -4.83. The highest BCUT2D eigenvalue weighted by Gasteiger charge is 2.49. The van der Waals surface area contributed by atoms with Crippen molar-refractivity contribution in [1.82, 2.24) is 5.32 Å². The van der Waals surface area contributed by atoms with Gasteiger partial charge in [-0.15, -0.1) is 0 Å². The summed E-state index contributed by atoms with van der Waals surface area (Å²) in [7, 11) is -8.43. The Bertz CT molecular complexity index is 1420. The summed E-state index contributed by atoms with van der Waals surface area (Å²) in [5.74, 6) is -1.52. The van der Waals surface area contributed by atoms with Crippen LogP contribution in [0.3, 0.4) is 0 Å². The van der Waals surface area contributed by atoms with Crippen LogP contribution in [-0.4, -0.2) is 39.8 Å². The number of hydrogen-bond donors (Lipinski definition) is 1. The number of rotatable bonds is 6. The van der Waals surface area contributed by atoms with Crippen LogP contribution in [0.4, 0.5) is 26.3 Å². The van der Waals surface area contributed by atoms with Crippen LogP contribution >= 0.6 is 0 Å². The van der Waals surface area contributed by atoms with Gasteiger partial charge in [0.2, 0.25) is 0 Å². The van der Waals surface area contributed by atoms with Crippen molar-refractivity contribution in [2.75, 3.05) is 6.26 Å². The quantitative estimate of drug-likeness (QED) is 0.498. The monoisotopic (exact) mass is 571 g/mol. The number of amides is 1. The van der Waals surface area contributed by atoms with Gasteiger partial charge in [0.25, 0.3) is 5.91 Å². The molecule has 2 aromatic rings. The van der Waals surface area contributed by atoms with Crippen LogP contribution < -0.4 is 5.32 Å². The van der Waals surface area contributed by atoms with Crippen molar-refractivity contribution >= 4 is 25.6 Å². The summed E-state index contributed by atoms with van der Waals surface area (Å²) in [4.78, 5) is 11.4. The number of nitrogens with one attached hydrogen (secondary N) is 1. The van der Waals surface area contributed by atoms with Crippen molar-refractivity contribution in [2.24, 2.45) is 5.92 Å². The summed E-state index contributed by atoms with van der Waals surface area (Å²) in [6.07, 6.45) is -8.69. The Kier molecular flexibility index (Phi) is 7.27. The molecule has 0 atom stereocenters. The number of halogens is 6. The Hall–Kier alpha value is -2.61. The highest BCUT2D eigenvalue weighted by Crippen LogP contribution is 2.44. The Morgan fingerprint density at radius 3 is 1.92 bits per heavy atom. The van der Waals surface area contributed by atoms with Crippen molar-refractivity contribution in [3.63, 3.8) is 0 Å². The van der Waals surface area contributed by atoms with Gasteiger partial charge in [-0.2, -0.15) is 26.3 Å². The third-order valence-corrected chi connectivity index (χ3v) is 10.3. The second-order valence-electron chi connectivity index (χ2n) is 9.45. The molecule has 1 saturated carbocycles. The van der Waals surface area contributed by atoms with Gasteiger partial charge < -0.3 is 5.32 Å². The number of sulfone groups is 2. The molecular weight excluding hydrogens is 548 g/mol. The van der Waals surface area contributed by atoms with E-state index in [0.29, 0.717) is 24.5 Å². The fourth-order valence-corrected chi connectivity index (χ4v) is 6.80. The lowest BCUT2D eigenvalue weighted by atomic mass is 9.73. The van der Waals surface area contributed by atoms with Crippen LogP contribution in [0.1, 0.15) is 48.2 Å². The molecule has 1 N–H and O–H groups in total. The first-order valence-corrected chi connectivity index (χ1v) is 14.2. The maximum absolute atomic E-state index is 13.2. The van der Waals surface area contributed by atoms with E-state index in [4.69, 9.17) is 0 Å². The number of benzene rings is 2. The van der Waals surface area contributed by atoms with Gasteiger partial charge in [-0.1, -0.05) is 6.07 Å². The Morgan fingerprint density at radius 1 is 0.865 bits per heavy atom. The molecule has 0 bridgehead atoms. The van der Waals surface area contributed by atoms with Crippen LogP contribution in [0, 0.1) is 5.92 Å². The van der Waals surface area contributed by atoms with Gasteiger partial charge in [-0.25, -0.2) is 16.8 Å². The summed E-state index contributed by atoms with van der Waals surface area (Å²) in [5, 5.41) is 2.50. The Labute approximate surface area is 209 Å². The molecule has 0 aromatic heterocycles. The van der Waals surface area contributed by atoms with Gasteiger partial charge in [0.05, 0.1) is 31.2 Å². The molecule has 14 heteroatoms. The first-order valence-electron chi connectivity index (χ1n) is 10.8. The number of hydrogen-bond acceptors (Lipinski definition) is 5. The third-order valence-electron chi connectivity index (χ3n) is 6.57. The Balaban J connectivity index is 1.77. The van der Waals surface area contributed by atoms with E-state index >= 15 is 0 Å². The van der Waals surface area contributed by atoms with Gasteiger partial charge in [0.1, 0.15) is 0 Å². The van der Waals surface area contributed by atoms with E-state index in [-0.39, 0.29) is 12.8 Å². The zero-order valence-corrected chi connectivity index (χ0v) is 21.4. The average molecular weight is 572 g/mol. The molecule has 0 aliphatic heterocycles. The van der Waals surface area contributed by atoms with Gasteiger partial charge >= 0.3 is 12.4 Å². The molecule has 37 heavy (non-hydrogen) atoms. The molecule has 0 unspecified atom stereocenters. The topological polar surface area (TPSA) is 97.4 Å². The molecule has 0 heterocycles. The van der Waals surface area contributed by atoms with Gasteiger partial charge in [0.15, 0.2) is 19.7 Å². The van der Waals surface area contributed by atoms with Crippen molar-refractivity contribution in [3.05, 3.63) is 59.2 Å². The minimum absolute atomic E-state index is 0.103. The average Bonchev–Trinajstić information content (AvgIpc) is 2.73. The SMILES string of the molecule is CC(C)([C@H]1C[C@H](NC(=O)c2ccc(C(F)(F)F)cc2S(C)(=O)=O)C1)S(=O)(=O)c1cccc(C(F)(F)F)c1. The molecule has 6 nitrogen and oxygen atoms in total. The largest absolute Gasteiger partial charge is 0.416 e. The lowest BCUT2D eigenvalue weighted by molar-refractivity contribution is -0.138. The lowest BCUT2D eigenvalue weighted by Gasteiger charge is -2.45. The molecular formula is C23H23F6NO5S2. The zero-order valence-electron chi connectivity index (χ0n) is 19.7. The second-order valence-corrected chi connectivity index (χ2v) is 14.0. The highest BCUT2D eigenvalue weighted by atomic mass is 32.2. The van der Waals surface area contributed by atoms with E-state index in [2.05, 4.69) is 5.32 Å². The molecule has 1 aliphatic carbocycles. The van der Waals surface area contributed by atoms with E-state index < -0.39 is 81.1 Å². The lowest BCUT2D eigenvalue weighted by Crippen LogP contribution is -2.53. The predicted octanol–water partition coefficient (Wildman–Crippen LogP) is 4.89. The normalized spacial score (nSPS) is 19.3. The molecule has 1 amide bonds. The fourth-order valence-electron chi connectivity index (χ4n) is 4.12. The van der Waals surface area contributed by atoms with Gasteiger partial charge in [-0.05, 0) is 69.0 Å². The van der Waals surface area contributed by atoms with Crippen LogP contribution in [0.2, 0.25) is 0 Å². The molecule has 204 valence electrons. The van der Waals surface area contributed by atoms with Gasteiger partial charge in [-0.3, -0.25) is 4.79 Å². The second kappa shape index (κ2) is 9.29. The number of alkyl halides is 6. The zero-order chi connectivity index (χ0) is 28.2. The standard InChI is InChI=1S/C23H23F6NO5S2/c1-21(2,37(34,35)17-6-4-5-13(11-17)22(24,25)26)15-9-16(10-15)30-20(31)18-8-7-14(23(27,28)29)12-19(18)36(3,32)33/h4-8,11-12,15-16H,9-10H2,1-3H3,(H,30,31)/t15-,16-. The van der Waals surface area contributed by atoms with E-state index in [9.17, 15) is 48.0 Å². The molecule has 1 aliphatic rings. The van der Waals surface area contributed by atoms with Crippen molar-refractivity contribution in [1.29, 1.82) is 0 Å². The molecule has 1 fully saturated rings. The van der Waals surface area contributed by atoms with Crippen LogP contribution in [-0.2, 0) is 32.0 Å². The first-order chi connectivity index (χ1) is 16.7. The minimum Gasteiger partial charge on any atom is -0.349 e. The van der Waals surface area contributed by atoms with Crippen LogP contribution in [0.25, 0.3) is 0 Å². The van der Waals surface area contributed by atoms with E-state index in [1.54, 1.807) is 0 Å². The number of carbonyl (C=O) groups is 1.